The highest BCUT2D eigenvalue weighted by molar-refractivity contribution is 6.05. The van der Waals surface area contributed by atoms with Gasteiger partial charge < -0.3 is 19.6 Å². The first kappa shape index (κ1) is 19.9. The van der Waals surface area contributed by atoms with Crippen LogP contribution < -0.4 is 16.2 Å². The van der Waals surface area contributed by atoms with Crippen LogP contribution >= 0.6 is 0 Å². The minimum Gasteiger partial charge on any atom is -0.459 e. The molecule has 0 saturated heterocycles. The molecule has 2 N–H and O–H groups in total. The largest absolute Gasteiger partial charge is 0.459 e. The zero-order chi connectivity index (χ0) is 21.2. The van der Waals surface area contributed by atoms with Crippen molar-refractivity contribution < 1.29 is 27.2 Å². The summed E-state index contributed by atoms with van der Waals surface area (Å²) in [7, 11) is 1.47. The van der Waals surface area contributed by atoms with Gasteiger partial charge in [0.1, 0.15) is 0 Å². The van der Waals surface area contributed by atoms with E-state index in [1.54, 1.807) is 0 Å². The fourth-order valence-corrected chi connectivity index (χ4v) is 2.45. The Morgan fingerprint density at radius 2 is 1.79 bits per heavy atom. The van der Waals surface area contributed by atoms with Crippen LogP contribution in [-0.4, -0.2) is 16.4 Å². The Hall–Kier alpha value is -3.82. The Morgan fingerprint density at radius 3 is 2.41 bits per heavy atom. The predicted molar refractivity (Wildman–Crippen MR) is 97.7 cm³/mol. The van der Waals surface area contributed by atoms with Gasteiger partial charge in [0, 0.05) is 30.6 Å². The fourth-order valence-electron chi connectivity index (χ4n) is 2.45. The normalized spacial score (nSPS) is 11.2. The van der Waals surface area contributed by atoms with E-state index in [0.29, 0.717) is 6.07 Å². The zero-order valence-corrected chi connectivity index (χ0v) is 14.9. The second kappa shape index (κ2) is 7.66. The molecule has 3 aromatic rings. The van der Waals surface area contributed by atoms with Gasteiger partial charge in [-0.2, -0.15) is 13.2 Å². The van der Waals surface area contributed by atoms with Crippen LogP contribution in [0.5, 0.6) is 0 Å². The number of alkyl halides is 3. The van der Waals surface area contributed by atoms with Crippen molar-refractivity contribution in [3.63, 3.8) is 0 Å². The van der Waals surface area contributed by atoms with Gasteiger partial charge in [0.05, 0.1) is 17.5 Å². The van der Waals surface area contributed by atoms with Crippen molar-refractivity contribution in [1.29, 1.82) is 0 Å². The summed E-state index contributed by atoms with van der Waals surface area (Å²) in [5.41, 5.74) is -2.38. The number of aryl methyl sites for hydroxylation is 1. The van der Waals surface area contributed by atoms with Crippen LogP contribution in [0.15, 0.2) is 64.1 Å². The van der Waals surface area contributed by atoms with Crippen LogP contribution in [0.1, 0.15) is 26.5 Å². The van der Waals surface area contributed by atoms with Crippen LogP contribution in [-0.2, 0) is 13.2 Å². The van der Waals surface area contributed by atoms with Gasteiger partial charge in [0.15, 0.2) is 5.76 Å². The van der Waals surface area contributed by atoms with E-state index in [1.807, 2.05) is 0 Å². The van der Waals surface area contributed by atoms with Crippen molar-refractivity contribution >= 4 is 23.2 Å². The lowest BCUT2D eigenvalue weighted by Gasteiger charge is -2.16. The number of anilines is 2. The summed E-state index contributed by atoms with van der Waals surface area (Å²) in [6.45, 7) is 0. The molecule has 0 aliphatic rings. The molecule has 3 rings (SSSR count). The average Bonchev–Trinajstić information content (AvgIpc) is 3.19. The summed E-state index contributed by atoms with van der Waals surface area (Å²) < 4.78 is 46.5. The van der Waals surface area contributed by atoms with Crippen molar-refractivity contribution in [2.45, 2.75) is 6.18 Å². The minimum absolute atomic E-state index is 0.0680. The lowest BCUT2D eigenvalue weighted by molar-refractivity contribution is -0.136. The quantitative estimate of drug-likeness (QED) is 0.695. The summed E-state index contributed by atoms with van der Waals surface area (Å²) in [5, 5.41) is 4.44. The molecule has 1 aromatic carbocycles. The topological polar surface area (TPSA) is 93.3 Å². The number of aromatic nitrogens is 1. The van der Waals surface area contributed by atoms with E-state index in [9.17, 15) is 27.6 Å². The third-order valence-electron chi connectivity index (χ3n) is 3.94. The Morgan fingerprint density at radius 1 is 1.03 bits per heavy atom. The Kier molecular flexibility index (Phi) is 5.26. The van der Waals surface area contributed by atoms with E-state index in [1.165, 1.54) is 48.3 Å². The number of hydrogen-bond donors (Lipinski definition) is 2. The number of nitrogens with one attached hydrogen (secondary N) is 2. The number of hydrogen-bond acceptors (Lipinski definition) is 4. The molecule has 2 amide bonds. The van der Waals surface area contributed by atoms with Gasteiger partial charge in [0.25, 0.3) is 17.4 Å². The Balaban J connectivity index is 1.88. The first-order valence-electron chi connectivity index (χ1n) is 8.19. The highest BCUT2D eigenvalue weighted by Gasteiger charge is 2.34. The summed E-state index contributed by atoms with van der Waals surface area (Å²) in [6, 6.07) is 8.06. The first-order valence-corrected chi connectivity index (χ1v) is 8.19. The molecule has 0 aliphatic carbocycles. The van der Waals surface area contributed by atoms with E-state index in [0.717, 1.165) is 12.1 Å². The van der Waals surface area contributed by atoms with Gasteiger partial charge in [-0.05, 0) is 36.4 Å². The molecule has 0 fully saturated rings. The Labute approximate surface area is 161 Å². The summed E-state index contributed by atoms with van der Waals surface area (Å²) in [6.07, 6.45) is -2.22. The third-order valence-corrected chi connectivity index (χ3v) is 3.94. The van der Waals surface area contributed by atoms with Gasteiger partial charge in [-0.25, -0.2) is 0 Å². The van der Waals surface area contributed by atoms with Crippen LogP contribution in [0.2, 0.25) is 0 Å². The number of pyridine rings is 1. The van der Waals surface area contributed by atoms with Crippen molar-refractivity contribution in [1.82, 2.24) is 4.57 Å². The number of furan rings is 1. The monoisotopic (exact) mass is 405 g/mol. The number of amides is 2. The lowest BCUT2D eigenvalue weighted by Crippen LogP contribution is -2.21. The molecule has 0 saturated carbocycles. The molecular formula is C19H14F3N3O4. The number of carbonyl (C=O) groups is 2. The minimum atomic E-state index is -4.80. The summed E-state index contributed by atoms with van der Waals surface area (Å²) in [5.74, 6) is -1.66. The van der Waals surface area contributed by atoms with Crippen LogP contribution in [0, 0.1) is 0 Å². The standard InChI is InChI=1S/C19H14F3N3O4/c1-25-7-6-11(9-16(25)26)17(27)24-14-5-4-12(10-13(14)19(20,21)22)23-18(28)15-3-2-8-29-15/h2-10H,1H3,(H,23,28)(H,24,27). The molecule has 150 valence electrons. The van der Waals surface area contributed by atoms with Gasteiger partial charge in [-0.3, -0.25) is 14.4 Å². The van der Waals surface area contributed by atoms with E-state index >= 15 is 0 Å². The summed E-state index contributed by atoms with van der Waals surface area (Å²) in [4.78, 5) is 35.8. The third kappa shape index (κ3) is 4.54. The highest BCUT2D eigenvalue weighted by atomic mass is 19.4. The molecule has 0 radical (unpaired) electrons. The van der Waals surface area contributed by atoms with Gasteiger partial charge in [0.2, 0.25) is 0 Å². The maximum absolute atomic E-state index is 13.5. The molecule has 0 bridgehead atoms. The molecule has 0 unspecified atom stereocenters. The highest BCUT2D eigenvalue weighted by Crippen LogP contribution is 2.37. The zero-order valence-electron chi connectivity index (χ0n) is 14.9. The lowest BCUT2D eigenvalue weighted by atomic mass is 10.1. The second-order valence-electron chi connectivity index (χ2n) is 6.01. The molecule has 0 aliphatic heterocycles. The number of halogens is 3. The smallest absolute Gasteiger partial charge is 0.418 e. The van der Waals surface area contributed by atoms with Gasteiger partial charge in [-0.15, -0.1) is 0 Å². The van der Waals surface area contributed by atoms with Crippen molar-refractivity contribution in [3.05, 3.63) is 82.2 Å². The molecule has 10 heteroatoms. The van der Waals surface area contributed by atoms with E-state index in [2.05, 4.69) is 10.6 Å². The second-order valence-corrected chi connectivity index (χ2v) is 6.01. The SMILES string of the molecule is Cn1ccc(C(=O)Nc2ccc(NC(=O)c3ccco3)cc2C(F)(F)F)cc1=O. The number of rotatable bonds is 4. The molecule has 2 aromatic heterocycles. The van der Waals surface area contributed by atoms with Crippen LogP contribution in [0.4, 0.5) is 24.5 Å². The maximum Gasteiger partial charge on any atom is 0.418 e. The van der Waals surface area contributed by atoms with Gasteiger partial charge >= 0.3 is 6.18 Å². The van der Waals surface area contributed by atoms with E-state index in [4.69, 9.17) is 4.42 Å². The average molecular weight is 405 g/mol. The molecule has 0 spiro atoms. The predicted octanol–water partition coefficient (Wildman–Crippen LogP) is 3.50. The number of benzene rings is 1. The van der Waals surface area contributed by atoms with Crippen molar-refractivity contribution in [2.75, 3.05) is 10.6 Å². The van der Waals surface area contributed by atoms with Crippen molar-refractivity contribution in [3.8, 4) is 0 Å². The first-order chi connectivity index (χ1) is 13.6. The number of carbonyl (C=O) groups excluding carboxylic acids is 2. The molecule has 7 nitrogen and oxygen atoms in total. The number of nitrogens with zero attached hydrogens (tertiary/aromatic N) is 1. The molecule has 2 heterocycles. The molecular weight excluding hydrogens is 391 g/mol. The van der Waals surface area contributed by atoms with Crippen LogP contribution in [0.3, 0.4) is 0 Å². The Bertz CT molecular complexity index is 1120. The fraction of sp³-hybridized carbons (Fsp3) is 0.105. The summed E-state index contributed by atoms with van der Waals surface area (Å²) >= 11 is 0. The van der Waals surface area contributed by atoms with Crippen LogP contribution in [0.25, 0.3) is 0 Å². The van der Waals surface area contributed by atoms with Crippen molar-refractivity contribution in [2.24, 2.45) is 7.05 Å². The van der Waals surface area contributed by atoms with Gasteiger partial charge in [-0.1, -0.05) is 0 Å². The molecule has 0 atom stereocenters. The van der Waals surface area contributed by atoms with E-state index < -0.39 is 34.8 Å². The van der Waals surface area contributed by atoms with E-state index in [-0.39, 0.29) is 17.0 Å². The maximum atomic E-state index is 13.5. The molecule has 29 heavy (non-hydrogen) atoms.